The molecule has 0 saturated heterocycles. The summed E-state index contributed by atoms with van der Waals surface area (Å²) in [5, 5.41) is 0. The summed E-state index contributed by atoms with van der Waals surface area (Å²) in [4.78, 5) is 0. The Labute approximate surface area is 57.4 Å². The van der Waals surface area contributed by atoms with Crippen molar-refractivity contribution in [1.29, 1.82) is 0 Å². The molecule has 0 aromatic carbocycles. The van der Waals surface area contributed by atoms with Crippen molar-refractivity contribution in [2.24, 2.45) is 0 Å². The molecule has 0 heterocycles. The van der Waals surface area contributed by atoms with Crippen LogP contribution >= 0.6 is 0 Å². The van der Waals surface area contributed by atoms with Gasteiger partial charge < -0.3 is 4.74 Å². The van der Waals surface area contributed by atoms with Gasteiger partial charge in [-0.2, -0.15) is 0 Å². The third-order valence-corrected chi connectivity index (χ3v) is 1.09. The molecular formula is C8H14O. The highest BCUT2D eigenvalue weighted by molar-refractivity contribution is 4.98. The second kappa shape index (κ2) is 5.65. The smallest absolute Gasteiger partial charge is 0.0652 e. The second-order valence-corrected chi connectivity index (χ2v) is 1.96. The molecule has 9 heavy (non-hydrogen) atoms. The van der Waals surface area contributed by atoms with Crippen molar-refractivity contribution in [2.45, 2.75) is 32.8 Å². The lowest BCUT2D eigenvalue weighted by atomic mass is 10.3. The van der Waals surface area contributed by atoms with Gasteiger partial charge in [-0.1, -0.05) is 6.92 Å². The molecule has 0 amide bonds. The Hall–Kier alpha value is -0.480. The predicted octanol–water partition coefficient (Wildman–Crippen LogP) is 1.82. The third-order valence-electron chi connectivity index (χ3n) is 1.09. The topological polar surface area (TPSA) is 9.23 Å². The van der Waals surface area contributed by atoms with E-state index in [4.69, 9.17) is 4.74 Å². The molecule has 0 rings (SSSR count). The zero-order chi connectivity index (χ0) is 7.11. The highest BCUT2D eigenvalue weighted by atomic mass is 16.5. The van der Waals surface area contributed by atoms with Crippen LogP contribution < -0.4 is 0 Å². The summed E-state index contributed by atoms with van der Waals surface area (Å²) in [7, 11) is 1.71. The molecule has 0 aliphatic rings. The van der Waals surface area contributed by atoms with Gasteiger partial charge in [-0.15, -0.1) is 11.8 Å². The fraction of sp³-hybridized carbons (Fsp3) is 0.750. The average molecular weight is 126 g/mol. The highest BCUT2D eigenvalue weighted by Crippen LogP contribution is 1.91. The molecule has 1 unspecified atom stereocenters. The van der Waals surface area contributed by atoms with Gasteiger partial charge in [0.25, 0.3) is 0 Å². The first-order valence-corrected chi connectivity index (χ1v) is 3.29. The lowest BCUT2D eigenvalue weighted by Gasteiger charge is -2.01. The first-order chi connectivity index (χ1) is 4.31. The van der Waals surface area contributed by atoms with E-state index in [-0.39, 0.29) is 6.10 Å². The molecular weight excluding hydrogens is 112 g/mol. The van der Waals surface area contributed by atoms with Crippen LogP contribution in [0.15, 0.2) is 0 Å². The van der Waals surface area contributed by atoms with Crippen LogP contribution in [-0.4, -0.2) is 13.2 Å². The summed E-state index contributed by atoms with van der Waals surface area (Å²) in [5.74, 6) is 5.99. The molecule has 0 bridgehead atoms. The molecule has 0 N–H and O–H groups in total. The van der Waals surface area contributed by atoms with Crippen LogP contribution in [0.4, 0.5) is 0 Å². The lowest BCUT2D eigenvalue weighted by molar-refractivity contribution is 0.123. The Balaban J connectivity index is 3.25. The third kappa shape index (κ3) is 5.39. The van der Waals surface area contributed by atoms with Crippen LogP contribution in [0, 0.1) is 11.8 Å². The van der Waals surface area contributed by atoms with E-state index in [1.54, 1.807) is 7.11 Å². The molecule has 0 aliphatic carbocycles. The van der Waals surface area contributed by atoms with E-state index in [2.05, 4.69) is 11.8 Å². The Morgan fingerprint density at radius 1 is 1.44 bits per heavy atom. The van der Waals surface area contributed by atoms with Gasteiger partial charge in [0.2, 0.25) is 0 Å². The van der Waals surface area contributed by atoms with Crippen LogP contribution in [-0.2, 0) is 4.74 Å². The van der Waals surface area contributed by atoms with Crippen LogP contribution in [0.3, 0.4) is 0 Å². The molecule has 0 spiro atoms. The summed E-state index contributed by atoms with van der Waals surface area (Å²) >= 11 is 0. The number of methoxy groups -OCH3 is 1. The maximum atomic E-state index is 4.99. The lowest BCUT2D eigenvalue weighted by Crippen LogP contribution is -2.01. The molecule has 1 atom stereocenters. The Kier molecular flexibility index (Phi) is 5.35. The van der Waals surface area contributed by atoms with Crippen molar-refractivity contribution < 1.29 is 4.74 Å². The van der Waals surface area contributed by atoms with E-state index in [1.165, 1.54) is 0 Å². The fourth-order valence-corrected chi connectivity index (χ4v) is 0.424. The Morgan fingerprint density at radius 3 is 2.56 bits per heavy atom. The Bertz CT molecular complexity index is 107. The highest BCUT2D eigenvalue weighted by Gasteiger charge is 1.92. The Morgan fingerprint density at radius 2 is 2.11 bits per heavy atom. The van der Waals surface area contributed by atoms with Crippen molar-refractivity contribution in [3.63, 3.8) is 0 Å². The van der Waals surface area contributed by atoms with Gasteiger partial charge >= 0.3 is 0 Å². The SMILES string of the molecule is CCC#CCC(C)OC. The molecule has 0 aromatic rings. The summed E-state index contributed by atoms with van der Waals surface area (Å²) in [6.07, 6.45) is 2.07. The number of hydrogen-bond acceptors (Lipinski definition) is 1. The second-order valence-electron chi connectivity index (χ2n) is 1.96. The first kappa shape index (κ1) is 8.52. The average Bonchev–Trinajstić information content (AvgIpc) is 1.89. The molecule has 0 fully saturated rings. The largest absolute Gasteiger partial charge is 0.381 e. The number of rotatable bonds is 2. The van der Waals surface area contributed by atoms with Crippen molar-refractivity contribution in [2.75, 3.05) is 7.11 Å². The summed E-state index contributed by atoms with van der Waals surface area (Å²) < 4.78 is 4.99. The zero-order valence-electron chi connectivity index (χ0n) is 6.40. The van der Waals surface area contributed by atoms with Gasteiger partial charge in [-0.3, -0.25) is 0 Å². The van der Waals surface area contributed by atoms with E-state index < -0.39 is 0 Å². The van der Waals surface area contributed by atoms with Crippen molar-refractivity contribution in [3.05, 3.63) is 0 Å². The van der Waals surface area contributed by atoms with Gasteiger partial charge in [0.1, 0.15) is 0 Å². The van der Waals surface area contributed by atoms with Crippen molar-refractivity contribution in [3.8, 4) is 11.8 Å². The minimum atomic E-state index is 0.282. The molecule has 0 aromatic heterocycles. The minimum Gasteiger partial charge on any atom is -0.381 e. The van der Waals surface area contributed by atoms with E-state index in [9.17, 15) is 0 Å². The molecule has 1 nitrogen and oxygen atoms in total. The van der Waals surface area contributed by atoms with Crippen molar-refractivity contribution in [1.82, 2.24) is 0 Å². The minimum absolute atomic E-state index is 0.282. The van der Waals surface area contributed by atoms with Crippen molar-refractivity contribution >= 4 is 0 Å². The maximum Gasteiger partial charge on any atom is 0.0652 e. The maximum absolute atomic E-state index is 4.99. The fourth-order valence-electron chi connectivity index (χ4n) is 0.424. The molecule has 0 aliphatic heterocycles. The van der Waals surface area contributed by atoms with Crippen LogP contribution in [0.5, 0.6) is 0 Å². The summed E-state index contributed by atoms with van der Waals surface area (Å²) in [6, 6.07) is 0. The first-order valence-electron chi connectivity index (χ1n) is 3.29. The van der Waals surface area contributed by atoms with Gasteiger partial charge in [0.05, 0.1) is 6.10 Å². The van der Waals surface area contributed by atoms with Crippen LogP contribution in [0.2, 0.25) is 0 Å². The normalized spacial score (nSPS) is 11.9. The van der Waals surface area contributed by atoms with E-state index >= 15 is 0 Å². The van der Waals surface area contributed by atoms with Gasteiger partial charge in [0.15, 0.2) is 0 Å². The van der Waals surface area contributed by atoms with Gasteiger partial charge in [-0.05, 0) is 6.92 Å². The monoisotopic (exact) mass is 126 g/mol. The van der Waals surface area contributed by atoms with Gasteiger partial charge in [-0.25, -0.2) is 0 Å². The summed E-state index contributed by atoms with van der Waals surface area (Å²) in [5.41, 5.74) is 0. The molecule has 0 radical (unpaired) electrons. The van der Waals surface area contributed by atoms with Crippen LogP contribution in [0.25, 0.3) is 0 Å². The van der Waals surface area contributed by atoms with E-state index in [0.29, 0.717) is 0 Å². The number of hydrogen-bond donors (Lipinski definition) is 0. The predicted molar refractivity (Wildman–Crippen MR) is 39.2 cm³/mol. The summed E-state index contributed by atoms with van der Waals surface area (Å²) in [6.45, 7) is 4.06. The van der Waals surface area contributed by atoms with Gasteiger partial charge in [0, 0.05) is 20.0 Å². The molecule has 0 saturated carbocycles. The standard InChI is InChI=1S/C8H14O/c1-4-5-6-7-8(2)9-3/h8H,4,7H2,1-3H3. The zero-order valence-corrected chi connectivity index (χ0v) is 6.40. The number of ether oxygens (including phenoxy) is 1. The quantitative estimate of drug-likeness (QED) is 0.513. The molecule has 1 heteroatoms. The van der Waals surface area contributed by atoms with Crippen LogP contribution in [0.1, 0.15) is 26.7 Å². The van der Waals surface area contributed by atoms with E-state index in [0.717, 1.165) is 12.8 Å². The van der Waals surface area contributed by atoms with E-state index in [1.807, 2.05) is 13.8 Å². The molecule has 52 valence electrons.